The molecule has 1 fully saturated rings. The summed E-state index contributed by atoms with van der Waals surface area (Å²) in [5, 5.41) is 6.85. The van der Waals surface area contributed by atoms with Crippen molar-refractivity contribution in [1.29, 1.82) is 0 Å². The molecular weight excluding hydrogens is 274 g/mol. The Morgan fingerprint density at radius 3 is 2.90 bits per heavy atom. The second-order valence-electron chi connectivity index (χ2n) is 5.17. The van der Waals surface area contributed by atoms with Gasteiger partial charge in [0.05, 0.1) is 11.7 Å². The number of aromatic nitrogens is 2. The van der Waals surface area contributed by atoms with Crippen LogP contribution in [0.3, 0.4) is 0 Å². The summed E-state index contributed by atoms with van der Waals surface area (Å²) in [4.78, 5) is 19.0. The maximum atomic E-state index is 12.6. The van der Waals surface area contributed by atoms with Gasteiger partial charge in [0.2, 0.25) is 5.76 Å². The van der Waals surface area contributed by atoms with Crippen LogP contribution in [0.4, 0.5) is 0 Å². The van der Waals surface area contributed by atoms with Gasteiger partial charge in [0.25, 0.3) is 5.91 Å². The van der Waals surface area contributed by atoms with Crippen molar-refractivity contribution in [2.24, 2.45) is 0 Å². The average molecular weight is 291 g/mol. The fraction of sp³-hybridized carbons (Fsp3) is 0.500. The lowest BCUT2D eigenvalue weighted by atomic mass is 10.0. The number of likely N-dealkylation sites (tertiary alicyclic amines) is 1. The van der Waals surface area contributed by atoms with Gasteiger partial charge in [-0.1, -0.05) is 5.16 Å². The maximum Gasteiger partial charge on any atom is 0.293 e. The molecule has 0 saturated carbocycles. The summed E-state index contributed by atoms with van der Waals surface area (Å²) >= 11 is 1.63. The van der Waals surface area contributed by atoms with E-state index in [9.17, 15) is 4.79 Å². The minimum absolute atomic E-state index is 0.0698. The van der Waals surface area contributed by atoms with Gasteiger partial charge in [-0.25, -0.2) is 4.98 Å². The molecule has 6 heteroatoms. The normalized spacial score (nSPS) is 19.3. The molecule has 2 aromatic heterocycles. The molecule has 0 aliphatic carbocycles. The Morgan fingerprint density at radius 2 is 2.25 bits per heavy atom. The summed E-state index contributed by atoms with van der Waals surface area (Å²) in [7, 11) is 0. The Morgan fingerprint density at radius 1 is 1.40 bits per heavy atom. The maximum absolute atomic E-state index is 12.6. The summed E-state index contributed by atoms with van der Waals surface area (Å²) in [6.07, 6.45) is 3.12. The Labute approximate surface area is 121 Å². The van der Waals surface area contributed by atoms with Crippen molar-refractivity contribution in [3.63, 3.8) is 0 Å². The fourth-order valence-electron chi connectivity index (χ4n) is 2.56. The number of carbonyl (C=O) groups is 1. The van der Waals surface area contributed by atoms with Gasteiger partial charge in [0.15, 0.2) is 0 Å². The highest BCUT2D eigenvalue weighted by Crippen LogP contribution is 2.33. The SMILES string of the molecule is Cc1cc(C(=O)N2CCCC[C@@H]2c2nc(C)cs2)on1. The largest absolute Gasteiger partial charge is 0.351 e. The molecule has 3 heterocycles. The van der Waals surface area contributed by atoms with E-state index in [4.69, 9.17) is 4.52 Å². The molecule has 0 N–H and O–H groups in total. The summed E-state index contributed by atoms with van der Waals surface area (Å²) < 4.78 is 5.11. The molecule has 1 saturated heterocycles. The first-order valence-electron chi connectivity index (χ1n) is 6.81. The number of rotatable bonds is 2. The zero-order chi connectivity index (χ0) is 14.1. The van der Waals surface area contributed by atoms with Crippen molar-refractivity contribution in [2.45, 2.75) is 39.2 Å². The van der Waals surface area contributed by atoms with E-state index in [1.54, 1.807) is 17.4 Å². The number of amides is 1. The molecule has 3 rings (SSSR count). The van der Waals surface area contributed by atoms with Crippen LogP contribution in [-0.4, -0.2) is 27.5 Å². The number of thiazole rings is 1. The Kier molecular flexibility index (Phi) is 3.56. The zero-order valence-corrected chi connectivity index (χ0v) is 12.4. The predicted octanol–water partition coefficient (Wildman–Crippen LogP) is 3.12. The number of hydrogen-bond acceptors (Lipinski definition) is 5. The lowest BCUT2D eigenvalue weighted by Gasteiger charge is -2.33. The molecule has 0 spiro atoms. The van der Waals surface area contributed by atoms with Gasteiger partial charge in [-0.3, -0.25) is 4.79 Å². The number of hydrogen-bond donors (Lipinski definition) is 0. The van der Waals surface area contributed by atoms with E-state index in [2.05, 4.69) is 10.1 Å². The third-order valence-electron chi connectivity index (χ3n) is 3.52. The van der Waals surface area contributed by atoms with Crippen LogP contribution in [0.1, 0.15) is 52.3 Å². The van der Waals surface area contributed by atoms with Crippen molar-refractivity contribution < 1.29 is 9.32 Å². The van der Waals surface area contributed by atoms with Crippen LogP contribution in [-0.2, 0) is 0 Å². The van der Waals surface area contributed by atoms with E-state index in [-0.39, 0.29) is 11.9 Å². The summed E-state index contributed by atoms with van der Waals surface area (Å²) in [5.41, 5.74) is 1.74. The Balaban J connectivity index is 1.87. The van der Waals surface area contributed by atoms with E-state index in [1.807, 2.05) is 24.1 Å². The van der Waals surface area contributed by atoms with Gasteiger partial charge in [0, 0.05) is 23.7 Å². The molecule has 0 unspecified atom stereocenters. The first-order valence-corrected chi connectivity index (χ1v) is 7.69. The lowest BCUT2D eigenvalue weighted by Crippen LogP contribution is -2.38. The van der Waals surface area contributed by atoms with Crippen LogP contribution in [0.2, 0.25) is 0 Å². The number of nitrogens with zero attached hydrogens (tertiary/aromatic N) is 3. The highest BCUT2D eigenvalue weighted by atomic mass is 32.1. The third-order valence-corrected chi connectivity index (χ3v) is 4.59. The van der Waals surface area contributed by atoms with Gasteiger partial charge < -0.3 is 9.42 Å². The molecule has 1 aliphatic rings. The van der Waals surface area contributed by atoms with E-state index < -0.39 is 0 Å². The average Bonchev–Trinajstić information content (AvgIpc) is 3.07. The van der Waals surface area contributed by atoms with Crippen molar-refractivity contribution in [3.05, 3.63) is 33.6 Å². The summed E-state index contributed by atoms with van der Waals surface area (Å²) in [5.74, 6) is 0.242. The van der Waals surface area contributed by atoms with Gasteiger partial charge in [0.1, 0.15) is 5.01 Å². The number of piperidine rings is 1. The first kappa shape index (κ1) is 13.3. The fourth-order valence-corrected chi connectivity index (χ4v) is 3.51. The van der Waals surface area contributed by atoms with Gasteiger partial charge in [-0.15, -0.1) is 11.3 Å². The molecule has 0 radical (unpaired) electrons. The Bertz CT molecular complexity index is 619. The van der Waals surface area contributed by atoms with E-state index in [1.165, 1.54) is 0 Å². The van der Waals surface area contributed by atoms with Crippen molar-refractivity contribution in [2.75, 3.05) is 6.54 Å². The van der Waals surface area contributed by atoms with Crippen molar-refractivity contribution in [3.8, 4) is 0 Å². The lowest BCUT2D eigenvalue weighted by molar-refractivity contribution is 0.0569. The molecule has 1 amide bonds. The topological polar surface area (TPSA) is 59.2 Å². The quantitative estimate of drug-likeness (QED) is 0.853. The van der Waals surface area contributed by atoms with Gasteiger partial charge in [-0.05, 0) is 33.1 Å². The second-order valence-corrected chi connectivity index (χ2v) is 6.06. The monoisotopic (exact) mass is 291 g/mol. The highest BCUT2D eigenvalue weighted by molar-refractivity contribution is 7.09. The number of carbonyl (C=O) groups excluding carboxylic acids is 1. The molecule has 1 aliphatic heterocycles. The van der Waals surface area contributed by atoms with Crippen LogP contribution in [0.15, 0.2) is 16.0 Å². The predicted molar refractivity (Wildman–Crippen MR) is 75.7 cm³/mol. The summed E-state index contributed by atoms with van der Waals surface area (Å²) in [6.45, 7) is 4.55. The first-order chi connectivity index (χ1) is 9.65. The van der Waals surface area contributed by atoms with Crippen LogP contribution < -0.4 is 0 Å². The minimum atomic E-state index is -0.0804. The Hall–Kier alpha value is -1.69. The minimum Gasteiger partial charge on any atom is -0.351 e. The van der Waals surface area contributed by atoms with Gasteiger partial charge in [-0.2, -0.15) is 0 Å². The third kappa shape index (κ3) is 2.47. The zero-order valence-electron chi connectivity index (χ0n) is 11.6. The van der Waals surface area contributed by atoms with E-state index in [0.717, 1.165) is 42.2 Å². The molecule has 0 aromatic carbocycles. The van der Waals surface area contributed by atoms with Crippen LogP contribution in [0, 0.1) is 13.8 Å². The number of aryl methyl sites for hydroxylation is 2. The smallest absolute Gasteiger partial charge is 0.293 e. The van der Waals surface area contributed by atoms with Crippen LogP contribution in [0.5, 0.6) is 0 Å². The van der Waals surface area contributed by atoms with Crippen molar-refractivity contribution in [1.82, 2.24) is 15.0 Å². The highest BCUT2D eigenvalue weighted by Gasteiger charge is 2.32. The van der Waals surface area contributed by atoms with E-state index in [0.29, 0.717) is 5.76 Å². The second kappa shape index (κ2) is 5.36. The molecule has 20 heavy (non-hydrogen) atoms. The van der Waals surface area contributed by atoms with Crippen LogP contribution in [0.25, 0.3) is 0 Å². The molecule has 106 valence electrons. The molecule has 2 aromatic rings. The van der Waals surface area contributed by atoms with Gasteiger partial charge >= 0.3 is 0 Å². The summed E-state index contributed by atoms with van der Waals surface area (Å²) in [6, 6.07) is 1.77. The standard InChI is InChI=1S/C14H17N3O2S/c1-9-7-12(19-16-9)14(18)17-6-4-3-5-11(17)13-15-10(2)8-20-13/h7-8,11H,3-6H2,1-2H3/t11-/m1/s1. The van der Waals surface area contributed by atoms with Crippen LogP contribution >= 0.6 is 11.3 Å². The van der Waals surface area contributed by atoms with Crippen molar-refractivity contribution >= 4 is 17.2 Å². The molecular formula is C14H17N3O2S. The van der Waals surface area contributed by atoms with E-state index >= 15 is 0 Å². The molecule has 1 atom stereocenters. The molecule has 5 nitrogen and oxygen atoms in total. The molecule has 0 bridgehead atoms.